The summed E-state index contributed by atoms with van der Waals surface area (Å²) >= 11 is 9.14. The molecule has 0 atom stereocenters. The fourth-order valence-corrected chi connectivity index (χ4v) is 2.32. The van der Waals surface area contributed by atoms with Crippen molar-refractivity contribution in [1.82, 2.24) is 0 Å². The van der Waals surface area contributed by atoms with Crippen LogP contribution in [0.25, 0.3) is 11.1 Å². The molecular weight excluding hydrogens is 309 g/mol. The van der Waals surface area contributed by atoms with Gasteiger partial charge in [-0.25, -0.2) is 8.78 Å². The van der Waals surface area contributed by atoms with Crippen LogP contribution in [-0.2, 0) is 0 Å². The van der Waals surface area contributed by atoms with E-state index in [0.29, 0.717) is 5.56 Å². The summed E-state index contributed by atoms with van der Waals surface area (Å²) in [4.78, 5) is 0. The molecule has 0 amide bonds. The summed E-state index contributed by atoms with van der Waals surface area (Å²) in [5.74, 6) is 0. The molecule has 17 heavy (non-hydrogen) atoms. The third kappa shape index (κ3) is 2.67. The molecule has 0 spiro atoms. The van der Waals surface area contributed by atoms with Gasteiger partial charge in [0.1, 0.15) is 0 Å². The fourth-order valence-electron chi connectivity index (χ4n) is 1.67. The van der Waals surface area contributed by atoms with Crippen LogP contribution in [0.4, 0.5) is 8.78 Å². The van der Waals surface area contributed by atoms with Crippen molar-refractivity contribution in [2.24, 2.45) is 0 Å². The monoisotopic (exact) mass is 316 g/mol. The van der Waals surface area contributed by atoms with Crippen molar-refractivity contribution in [2.75, 3.05) is 0 Å². The van der Waals surface area contributed by atoms with Crippen LogP contribution in [0, 0.1) is 0 Å². The van der Waals surface area contributed by atoms with Crippen LogP contribution >= 0.6 is 27.5 Å². The number of benzene rings is 2. The van der Waals surface area contributed by atoms with E-state index in [1.807, 2.05) is 6.07 Å². The van der Waals surface area contributed by atoms with Gasteiger partial charge in [0, 0.05) is 10.0 Å². The maximum Gasteiger partial charge on any atom is 0.265 e. The zero-order valence-electron chi connectivity index (χ0n) is 8.63. The summed E-state index contributed by atoms with van der Waals surface area (Å²) in [6.07, 6.45) is -2.59. The molecule has 0 N–H and O–H groups in total. The van der Waals surface area contributed by atoms with E-state index in [1.54, 1.807) is 30.3 Å². The van der Waals surface area contributed by atoms with Crippen LogP contribution in [0.15, 0.2) is 46.9 Å². The van der Waals surface area contributed by atoms with Gasteiger partial charge in [-0.1, -0.05) is 51.8 Å². The Morgan fingerprint density at radius 3 is 2.41 bits per heavy atom. The Balaban J connectivity index is 2.63. The molecule has 0 saturated heterocycles. The van der Waals surface area contributed by atoms with E-state index in [-0.39, 0.29) is 10.6 Å². The predicted molar refractivity (Wildman–Crippen MR) is 69.5 cm³/mol. The van der Waals surface area contributed by atoms with Gasteiger partial charge in [0.2, 0.25) is 0 Å². The number of hydrogen-bond acceptors (Lipinski definition) is 0. The summed E-state index contributed by atoms with van der Waals surface area (Å²) in [6.45, 7) is 0. The van der Waals surface area contributed by atoms with Crippen LogP contribution in [0.1, 0.15) is 12.0 Å². The number of halogens is 4. The summed E-state index contributed by atoms with van der Waals surface area (Å²) in [7, 11) is 0. The molecule has 0 aliphatic heterocycles. The van der Waals surface area contributed by atoms with E-state index in [0.717, 1.165) is 10.0 Å². The quantitative estimate of drug-likeness (QED) is 0.666. The first-order chi connectivity index (χ1) is 8.09. The zero-order chi connectivity index (χ0) is 12.4. The van der Waals surface area contributed by atoms with Gasteiger partial charge >= 0.3 is 0 Å². The molecule has 0 aliphatic rings. The van der Waals surface area contributed by atoms with Gasteiger partial charge in [0.25, 0.3) is 6.43 Å². The highest BCUT2D eigenvalue weighted by atomic mass is 79.9. The van der Waals surface area contributed by atoms with Gasteiger partial charge in [-0.05, 0) is 29.3 Å². The molecule has 0 fully saturated rings. The molecule has 0 unspecified atom stereocenters. The molecule has 0 nitrogen and oxygen atoms in total. The van der Waals surface area contributed by atoms with Crippen molar-refractivity contribution in [3.05, 3.63) is 57.5 Å². The Morgan fingerprint density at radius 2 is 1.76 bits per heavy atom. The third-order valence-corrected chi connectivity index (χ3v) is 3.23. The molecule has 2 aromatic carbocycles. The van der Waals surface area contributed by atoms with Crippen LogP contribution in [0.2, 0.25) is 5.02 Å². The summed E-state index contributed by atoms with van der Waals surface area (Å²) in [6, 6.07) is 12.0. The second-order valence-corrected chi connectivity index (χ2v) is 4.83. The van der Waals surface area contributed by atoms with E-state index in [4.69, 9.17) is 11.6 Å². The largest absolute Gasteiger partial charge is 0.265 e. The molecule has 2 aromatic rings. The first-order valence-electron chi connectivity index (χ1n) is 4.92. The summed E-state index contributed by atoms with van der Waals surface area (Å²) < 4.78 is 26.8. The second kappa shape index (κ2) is 5.15. The van der Waals surface area contributed by atoms with E-state index >= 15 is 0 Å². The summed E-state index contributed by atoms with van der Waals surface area (Å²) in [5.41, 5.74) is 1.07. The fraction of sp³-hybridized carbons (Fsp3) is 0.0769. The van der Waals surface area contributed by atoms with Crippen LogP contribution in [-0.4, -0.2) is 0 Å². The minimum Gasteiger partial charge on any atom is -0.205 e. The van der Waals surface area contributed by atoms with Crippen molar-refractivity contribution in [3.8, 4) is 11.1 Å². The highest BCUT2D eigenvalue weighted by Crippen LogP contribution is 2.36. The Morgan fingerprint density at radius 1 is 1.06 bits per heavy atom. The topological polar surface area (TPSA) is 0 Å². The van der Waals surface area contributed by atoms with Crippen molar-refractivity contribution in [2.45, 2.75) is 6.43 Å². The minimum atomic E-state index is -2.59. The summed E-state index contributed by atoms with van der Waals surface area (Å²) in [5, 5.41) is 0.0949. The van der Waals surface area contributed by atoms with Crippen LogP contribution < -0.4 is 0 Å². The van der Waals surface area contributed by atoms with E-state index < -0.39 is 6.43 Å². The second-order valence-electron chi connectivity index (χ2n) is 3.51. The molecule has 0 aliphatic carbocycles. The van der Waals surface area contributed by atoms with Crippen LogP contribution in [0.3, 0.4) is 0 Å². The molecule has 88 valence electrons. The van der Waals surface area contributed by atoms with Gasteiger partial charge in [-0.3, -0.25) is 0 Å². The molecule has 0 saturated carbocycles. The molecule has 4 heteroatoms. The molecule has 2 rings (SSSR count). The van der Waals surface area contributed by atoms with Gasteiger partial charge in [0.15, 0.2) is 0 Å². The highest BCUT2D eigenvalue weighted by Gasteiger charge is 2.17. The average Bonchev–Trinajstić information content (AvgIpc) is 2.28. The van der Waals surface area contributed by atoms with Gasteiger partial charge in [0.05, 0.1) is 5.02 Å². The molecular formula is C13H8BrClF2. The molecule has 0 radical (unpaired) electrons. The van der Waals surface area contributed by atoms with Crippen molar-refractivity contribution in [3.63, 3.8) is 0 Å². The first kappa shape index (κ1) is 12.5. The number of hydrogen-bond donors (Lipinski definition) is 0. The Hall–Kier alpha value is -0.930. The lowest BCUT2D eigenvalue weighted by molar-refractivity contribution is 0.152. The normalized spacial score (nSPS) is 10.9. The standard InChI is InChI=1S/C13H8BrClF2/c14-9-4-1-3-8(7-9)10-5-2-6-11(15)12(10)13(16)17/h1-7,13H. The lowest BCUT2D eigenvalue weighted by atomic mass is 10.00. The Bertz CT molecular complexity index is 541. The lowest BCUT2D eigenvalue weighted by Crippen LogP contribution is -1.91. The molecule has 0 bridgehead atoms. The Labute approximate surface area is 111 Å². The number of rotatable bonds is 2. The molecule has 0 aromatic heterocycles. The molecule has 0 heterocycles. The van der Waals surface area contributed by atoms with Gasteiger partial charge in [-0.15, -0.1) is 0 Å². The smallest absolute Gasteiger partial charge is 0.205 e. The predicted octanol–water partition coefficient (Wildman–Crippen LogP) is 5.71. The van der Waals surface area contributed by atoms with Crippen molar-refractivity contribution >= 4 is 27.5 Å². The van der Waals surface area contributed by atoms with E-state index in [9.17, 15) is 8.78 Å². The van der Waals surface area contributed by atoms with Crippen molar-refractivity contribution < 1.29 is 8.78 Å². The minimum absolute atomic E-state index is 0.0949. The van der Waals surface area contributed by atoms with E-state index in [1.165, 1.54) is 6.07 Å². The van der Waals surface area contributed by atoms with Gasteiger partial charge < -0.3 is 0 Å². The Kier molecular flexibility index (Phi) is 3.79. The lowest BCUT2D eigenvalue weighted by Gasteiger charge is -2.11. The first-order valence-corrected chi connectivity index (χ1v) is 6.09. The SMILES string of the molecule is FC(F)c1c(Cl)cccc1-c1cccc(Br)c1. The maximum atomic E-state index is 13.0. The maximum absolute atomic E-state index is 13.0. The number of alkyl halides is 2. The third-order valence-electron chi connectivity index (χ3n) is 2.41. The van der Waals surface area contributed by atoms with Crippen molar-refractivity contribution in [1.29, 1.82) is 0 Å². The average molecular weight is 318 g/mol. The highest BCUT2D eigenvalue weighted by molar-refractivity contribution is 9.10. The van der Waals surface area contributed by atoms with Gasteiger partial charge in [-0.2, -0.15) is 0 Å². The zero-order valence-corrected chi connectivity index (χ0v) is 11.0. The van der Waals surface area contributed by atoms with E-state index in [2.05, 4.69) is 15.9 Å². The van der Waals surface area contributed by atoms with Crippen LogP contribution in [0.5, 0.6) is 0 Å².